The summed E-state index contributed by atoms with van der Waals surface area (Å²) in [4.78, 5) is 0. The van der Waals surface area contributed by atoms with E-state index < -0.39 is 5.41 Å². The van der Waals surface area contributed by atoms with Crippen molar-refractivity contribution in [2.45, 2.75) is 31.6 Å². The van der Waals surface area contributed by atoms with Crippen LogP contribution in [0.1, 0.15) is 37.2 Å². The van der Waals surface area contributed by atoms with E-state index in [-0.39, 0.29) is 11.7 Å². The van der Waals surface area contributed by atoms with Crippen molar-refractivity contribution in [3.8, 4) is 12.1 Å². The van der Waals surface area contributed by atoms with Gasteiger partial charge < -0.3 is 0 Å². The van der Waals surface area contributed by atoms with Crippen LogP contribution in [0.25, 0.3) is 0 Å². The van der Waals surface area contributed by atoms with E-state index in [1.165, 1.54) is 12.1 Å². The third-order valence-corrected chi connectivity index (χ3v) is 3.91. The van der Waals surface area contributed by atoms with Crippen LogP contribution in [0.3, 0.4) is 0 Å². The molecular formula is C18H17FN2. The Morgan fingerprint density at radius 3 is 2.19 bits per heavy atom. The molecule has 21 heavy (non-hydrogen) atoms. The van der Waals surface area contributed by atoms with Crippen molar-refractivity contribution >= 4 is 0 Å². The van der Waals surface area contributed by atoms with Gasteiger partial charge in [0.2, 0.25) is 0 Å². The molecule has 0 spiro atoms. The molecule has 106 valence electrons. The number of benzene rings is 1. The minimum absolute atomic E-state index is 0.257. The summed E-state index contributed by atoms with van der Waals surface area (Å²) in [5.74, 6) is -0.569. The number of nitriles is 2. The maximum atomic E-state index is 13.1. The minimum Gasteiger partial charge on any atom is -0.207 e. The lowest BCUT2D eigenvalue weighted by Crippen LogP contribution is -2.25. The normalized spacial score (nSPS) is 24.2. The molecule has 1 aliphatic carbocycles. The Morgan fingerprint density at radius 1 is 0.952 bits per heavy atom. The molecule has 0 amide bonds. The van der Waals surface area contributed by atoms with Gasteiger partial charge in [-0.2, -0.15) is 10.5 Å². The van der Waals surface area contributed by atoms with Gasteiger partial charge in [0.1, 0.15) is 5.82 Å². The quantitative estimate of drug-likeness (QED) is 0.704. The summed E-state index contributed by atoms with van der Waals surface area (Å²) < 4.78 is 13.1. The van der Waals surface area contributed by atoms with Crippen molar-refractivity contribution in [2.24, 2.45) is 5.41 Å². The molecule has 0 fully saturated rings. The molecule has 1 aromatic carbocycles. The molecule has 0 bridgehead atoms. The average molecular weight is 280 g/mol. The zero-order valence-electron chi connectivity index (χ0n) is 11.8. The smallest absolute Gasteiger partial charge is 0.154 e. The van der Waals surface area contributed by atoms with E-state index in [1.807, 2.05) is 18.2 Å². The van der Waals surface area contributed by atoms with Crippen LogP contribution in [-0.2, 0) is 0 Å². The third kappa shape index (κ3) is 3.38. The second-order valence-corrected chi connectivity index (χ2v) is 5.26. The monoisotopic (exact) mass is 280 g/mol. The van der Waals surface area contributed by atoms with Crippen molar-refractivity contribution in [3.63, 3.8) is 0 Å². The summed E-state index contributed by atoms with van der Waals surface area (Å²) >= 11 is 0. The number of rotatable bonds is 1. The lowest BCUT2D eigenvalue weighted by molar-refractivity contribution is 0.413. The first-order valence-electron chi connectivity index (χ1n) is 7.10. The van der Waals surface area contributed by atoms with Crippen LogP contribution in [0.2, 0.25) is 0 Å². The molecule has 0 saturated carbocycles. The predicted molar refractivity (Wildman–Crippen MR) is 79.5 cm³/mol. The number of halogens is 1. The summed E-state index contributed by atoms with van der Waals surface area (Å²) in [6.07, 6.45) is 10.9. The predicted octanol–water partition coefficient (Wildman–Crippen LogP) is 4.63. The van der Waals surface area contributed by atoms with E-state index in [0.29, 0.717) is 12.8 Å². The van der Waals surface area contributed by atoms with Gasteiger partial charge in [-0.05, 0) is 43.4 Å². The van der Waals surface area contributed by atoms with Crippen molar-refractivity contribution in [2.75, 3.05) is 0 Å². The van der Waals surface area contributed by atoms with Gasteiger partial charge >= 0.3 is 0 Å². The minimum atomic E-state index is -1.12. The van der Waals surface area contributed by atoms with Crippen molar-refractivity contribution in [3.05, 3.63) is 60.0 Å². The van der Waals surface area contributed by atoms with Gasteiger partial charge in [0, 0.05) is 5.92 Å². The summed E-state index contributed by atoms with van der Waals surface area (Å²) in [6, 6.07) is 10.5. The molecule has 1 aliphatic rings. The lowest BCUT2D eigenvalue weighted by Gasteiger charge is -2.28. The SMILES string of the molecule is N#CC1(C#N)C/C=C/CC/C=C\CC1c1ccc(F)cc1. The van der Waals surface area contributed by atoms with Crippen LogP contribution in [0.5, 0.6) is 0 Å². The number of nitrogens with zero attached hydrogens (tertiary/aromatic N) is 2. The average Bonchev–Trinajstić information content (AvgIpc) is 2.53. The highest BCUT2D eigenvalue weighted by Crippen LogP contribution is 2.41. The molecule has 1 atom stereocenters. The summed E-state index contributed by atoms with van der Waals surface area (Å²) in [7, 11) is 0. The second-order valence-electron chi connectivity index (χ2n) is 5.26. The second kappa shape index (κ2) is 6.86. The standard InChI is InChI=1S/C18H17FN2/c19-16-10-8-15(9-11-16)17-7-5-3-1-2-4-6-12-18(17,13-20)14-21/h3-6,8-11,17H,1-2,7,12H2/b5-3-,6-4+. The van der Waals surface area contributed by atoms with Crippen LogP contribution >= 0.6 is 0 Å². The largest absolute Gasteiger partial charge is 0.207 e. The fourth-order valence-electron chi connectivity index (χ4n) is 2.66. The Morgan fingerprint density at radius 2 is 1.57 bits per heavy atom. The molecule has 0 saturated heterocycles. The zero-order chi connectivity index (χ0) is 15.1. The van der Waals surface area contributed by atoms with E-state index >= 15 is 0 Å². The number of hydrogen-bond acceptors (Lipinski definition) is 2. The Balaban J connectivity index is 2.45. The lowest BCUT2D eigenvalue weighted by atomic mass is 9.70. The Labute approximate surface area is 124 Å². The Bertz CT molecular complexity index is 600. The maximum absolute atomic E-state index is 13.1. The highest BCUT2D eigenvalue weighted by Gasteiger charge is 2.39. The fraction of sp³-hybridized carbons (Fsp3) is 0.333. The molecule has 1 unspecified atom stereocenters. The molecule has 3 heteroatoms. The summed E-state index contributed by atoms with van der Waals surface area (Å²) in [6.45, 7) is 0. The highest BCUT2D eigenvalue weighted by atomic mass is 19.1. The molecule has 0 aromatic heterocycles. The number of hydrogen-bond donors (Lipinski definition) is 0. The van der Waals surface area contributed by atoms with E-state index in [9.17, 15) is 14.9 Å². The maximum Gasteiger partial charge on any atom is 0.154 e. The van der Waals surface area contributed by atoms with Gasteiger partial charge in [-0.1, -0.05) is 36.4 Å². The van der Waals surface area contributed by atoms with Gasteiger partial charge in [-0.3, -0.25) is 0 Å². The van der Waals surface area contributed by atoms with Crippen LogP contribution in [-0.4, -0.2) is 0 Å². The highest BCUT2D eigenvalue weighted by molar-refractivity contribution is 5.33. The number of allylic oxidation sites excluding steroid dienone is 4. The fourth-order valence-corrected chi connectivity index (χ4v) is 2.66. The van der Waals surface area contributed by atoms with E-state index in [2.05, 4.69) is 18.2 Å². The van der Waals surface area contributed by atoms with Crippen molar-refractivity contribution in [1.82, 2.24) is 0 Å². The Kier molecular flexibility index (Phi) is 4.90. The van der Waals surface area contributed by atoms with Gasteiger partial charge in [0.05, 0.1) is 12.1 Å². The van der Waals surface area contributed by atoms with Crippen molar-refractivity contribution in [1.29, 1.82) is 10.5 Å². The summed E-state index contributed by atoms with van der Waals surface area (Å²) in [5.41, 5.74) is -0.283. The molecule has 0 heterocycles. The molecule has 0 radical (unpaired) electrons. The van der Waals surface area contributed by atoms with Crippen LogP contribution in [0.15, 0.2) is 48.6 Å². The van der Waals surface area contributed by atoms with Crippen molar-refractivity contribution < 1.29 is 4.39 Å². The first kappa shape index (κ1) is 15.0. The molecule has 0 N–H and O–H groups in total. The van der Waals surface area contributed by atoms with Crippen LogP contribution in [0.4, 0.5) is 4.39 Å². The van der Waals surface area contributed by atoms with E-state index in [4.69, 9.17) is 0 Å². The van der Waals surface area contributed by atoms with Crippen LogP contribution in [0, 0.1) is 33.9 Å². The molecule has 2 nitrogen and oxygen atoms in total. The van der Waals surface area contributed by atoms with Gasteiger partial charge in [0.15, 0.2) is 5.41 Å². The van der Waals surface area contributed by atoms with Gasteiger partial charge in [0.25, 0.3) is 0 Å². The van der Waals surface area contributed by atoms with Crippen LogP contribution < -0.4 is 0 Å². The molecule has 2 rings (SSSR count). The molecular weight excluding hydrogens is 263 g/mol. The van der Waals surface area contributed by atoms with E-state index in [1.54, 1.807) is 12.1 Å². The van der Waals surface area contributed by atoms with Gasteiger partial charge in [-0.15, -0.1) is 0 Å². The van der Waals surface area contributed by atoms with Gasteiger partial charge in [-0.25, -0.2) is 4.39 Å². The topological polar surface area (TPSA) is 47.6 Å². The Hall–Kier alpha value is -2.39. The summed E-state index contributed by atoms with van der Waals surface area (Å²) in [5, 5.41) is 19.2. The third-order valence-electron chi connectivity index (χ3n) is 3.91. The first-order chi connectivity index (χ1) is 10.2. The molecule has 1 aromatic rings. The first-order valence-corrected chi connectivity index (χ1v) is 7.10. The van der Waals surface area contributed by atoms with E-state index in [0.717, 1.165) is 18.4 Å². The zero-order valence-corrected chi connectivity index (χ0v) is 11.8. The molecule has 0 aliphatic heterocycles.